The Hall–Kier alpha value is -3.94. The van der Waals surface area contributed by atoms with Gasteiger partial charge in [0.05, 0.1) is 28.9 Å². The maximum Gasteiger partial charge on any atom is 0.309 e. The molecule has 0 aliphatic heterocycles. The average molecular weight is 586 g/mol. The molecule has 7 nitrogen and oxygen atoms in total. The maximum atomic E-state index is 12.3. The first-order valence-electron chi connectivity index (χ1n) is 14.0. The van der Waals surface area contributed by atoms with E-state index in [1.807, 2.05) is 92.1 Å². The third kappa shape index (κ3) is 6.13. The molecule has 8 heteroatoms. The van der Waals surface area contributed by atoms with Crippen molar-refractivity contribution in [2.45, 2.75) is 60.3 Å². The van der Waals surface area contributed by atoms with Crippen molar-refractivity contribution >= 4 is 39.5 Å². The molecule has 1 unspecified atom stereocenters. The Kier molecular flexibility index (Phi) is 8.01. The van der Waals surface area contributed by atoms with E-state index >= 15 is 0 Å². The zero-order valence-corrected chi connectivity index (χ0v) is 25.3. The number of aromatic nitrogens is 3. The summed E-state index contributed by atoms with van der Waals surface area (Å²) in [5.41, 5.74) is 3.11. The second-order valence-corrected chi connectivity index (χ2v) is 13.0. The molecule has 0 amide bonds. The van der Waals surface area contributed by atoms with Crippen molar-refractivity contribution in [2.24, 2.45) is 10.8 Å². The van der Waals surface area contributed by atoms with Crippen LogP contribution in [0.4, 0.5) is 0 Å². The number of aliphatic hydroxyl groups excluding tert-OH is 1. The summed E-state index contributed by atoms with van der Waals surface area (Å²) in [5.74, 6) is -0.380. The van der Waals surface area contributed by atoms with E-state index in [4.69, 9.17) is 26.3 Å². The minimum absolute atomic E-state index is 0.200. The number of carboxylic acid groups (broad SMARTS) is 1. The summed E-state index contributed by atoms with van der Waals surface area (Å²) in [4.78, 5) is 21.8. The van der Waals surface area contributed by atoms with Crippen molar-refractivity contribution in [2.75, 3.05) is 0 Å². The van der Waals surface area contributed by atoms with E-state index in [0.29, 0.717) is 28.5 Å². The van der Waals surface area contributed by atoms with Crippen molar-refractivity contribution in [3.05, 3.63) is 100 Å². The van der Waals surface area contributed by atoms with Gasteiger partial charge in [0.25, 0.3) is 0 Å². The van der Waals surface area contributed by atoms with Crippen LogP contribution in [-0.4, -0.2) is 30.7 Å². The molecule has 0 aliphatic carbocycles. The number of pyridine rings is 2. The molecule has 218 valence electrons. The van der Waals surface area contributed by atoms with Crippen molar-refractivity contribution in [1.82, 2.24) is 14.5 Å². The number of aliphatic hydroxyl groups is 1. The van der Waals surface area contributed by atoms with Gasteiger partial charge < -0.3 is 19.5 Å². The van der Waals surface area contributed by atoms with Crippen LogP contribution in [-0.2, 0) is 24.4 Å². The highest BCUT2D eigenvalue weighted by Crippen LogP contribution is 2.42. The van der Waals surface area contributed by atoms with Crippen LogP contribution in [0, 0.1) is 10.8 Å². The van der Waals surface area contributed by atoms with E-state index in [0.717, 1.165) is 33.2 Å². The summed E-state index contributed by atoms with van der Waals surface area (Å²) in [6.45, 7) is 9.97. The van der Waals surface area contributed by atoms with Crippen LogP contribution in [0.15, 0.2) is 72.9 Å². The van der Waals surface area contributed by atoms with Gasteiger partial charge in [0.1, 0.15) is 18.0 Å². The Morgan fingerprint density at radius 2 is 1.74 bits per heavy atom. The summed E-state index contributed by atoms with van der Waals surface area (Å²) in [7, 11) is 0. The standard InChI is InChI=1S/C34H36ClN3O4/c1-33(2,3)30(39)29-26-16-25(42-20-24-15-12-22-8-6-7-9-27(22)37-24)18-36-31(26)38(19-21-10-13-23(35)14-11-21)28(29)17-34(4,5)32(40)41/h6-16,18,30,39H,17,19-20H2,1-5H3,(H,40,41). The number of carbonyl (C=O) groups is 1. The largest absolute Gasteiger partial charge is 0.486 e. The molecule has 5 aromatic rings. The molecule has 2 aromatic carbocycles. The van der Waals surface area contributed by atoms with Crippen LogP contribution in [0.3, 0.4) is 0 Å². The predicted molar refractivity (Wildman–Crippen MR) is 166 cm³/mol. The number of nitrogens with zero attached hydrogens (tertiary/aromatic N) is 3. The van der Waals surface area contributed by atoms with Crippen molar-refractivity contribution in [3.63, 3.8) is 0 Å². The van der Waals surface area contributed by atoms with Crippen LogP contribution in [0.1, 0.15) is 63.2 Å². The minimum Gasteiger partial charge on any atom is -0.486 e. The predicted octanol–water partition coefficient (Wildman–Crippen LogP) is 7.60. The van der Waals surface area contributed by atoms with Gasteiger partial charge in [0, 0.05) is 40.0 Å². The van der Waals surface area contributed by atoms with E-state index < -0.39 is 22.9 Å². The molecule has 3 aromatic heterocycles. The lowest BCUT2D eigenvalue weighted by atomic mass is 9.80. The van der Waals surface area contributed by atoms with E-state index in [1.165, 1.54) is 0 Å². The SMILES string of the molecule is CC(C)(Cc1c(C(O)C(C)(C)C)c2cc(OCc3ccc4ccccc4n3)cnc2n1Cc1ccc(Cl)cc1)C(=O)O. The minimum atomic E-state index is -1.08. The molecule has 1 atom stereocenters. The molecule has 0 saturated heterocycles. The van der Waals surface area contributed by atoms with Crippen LogP contribution in [0.2, 0.25) is 5.02 Å². The second kappa shape index (κ2) is 11.4. The van der Waals surface area contributed by atoms with Crippen LogP contribution >= 0.6 is 11.6 Å². The summed E-state index contributed by atoms with van der Waals surface area (Å²) >= 11 is 6.14. The molecular weight excluding hydrogens is 550 g/mol. The number of fused-ring (bicyclic) bond motifs is 2. The van der Waals surface area contributed by atoms with E-state index in [9.17, 15) is 15.0 Å². The Balaban J connectivity index is 1.62. The number of aliphatic carboxylic acids is 1. The van der Waals surface area contributed by atoms with E-state index in [-0.39, 0.29) is 13.0 Å². The Morgan fingerprint density at radius 3 is 2.43 bits per heavy atom. The van der Waals surface area contributed by atoms with Crippen LogP contribution < -0.4 is 4.74 Å². The quantitative estimate of drug-likeness (QED) is 0.185. The first-order valence-corrected chi connectivity index (χ1v) is 14.4. The van der Waals surface area contributed by atoms with Gasteiger partial charge in [-0.15, -0.1) is 0 Å². The molecule has 3 heterocycles. The lowest BCUT2D eigenvalue weighted by molar-refractivity contribution is -0.146. The van der Waals surface area contributed by atoms with E-state index in [2.05, 4.69) is 0 Å². The zero-order chi connectivity index (χ0) is 30.2. The van der Waals surface area contributed by atoms with Crippen LogP contribution in [0.25, 0.3) is 21.9 Å². The van der Waals surface area contributed by atoms with E-state index in [1.54, 1.807) is 20.0 Å². The second-order valence-electron chi connectivity index (χ2n) is 12.5. The lowest BCUT2D eigenvalue weighted by Gasteiger charge is -2.29. The first-order chi connectivity index (χ1) is 19.8. The number of hydrogen-bond acceptors (Lipinski definition) is 5. The fourth-order valence-electron chi connectivity index (χ4n) is 5.07. The zero-order valence-electron chi connectivity index (χ0n) is 24.6. The summed E-state index contributed by atoms with van der Waals surface area (Å²) in [5, 5.41) is 24.2. The molecule has 0 aliphatic rings. The molecule has 0 bridgehead atoms. The van der Waals surface area contributed by atoms with Gasteiger partial charge in [-0.3, -0.25) is 4.79 Å². The van der Waals surface area contributed by atoms with Crippen molar-refractivity contribution < 1.29 is 19.7 Å². The Morgan fingerprint density at radius 1 is 1.02 bits per heavy atom. The highest BCUT2D eigenvalue weighted by atomic mass is 35.5. The number of hydrogen-bond donors (Lipinski definition) is 2. The number of halogens is 1. The highest BCUT2D eigenvalue weighted by Gasteiger charge is 2.36. The first kappa shape index (κ1) is 29.5. The number of rotatable bonds is 9. The topological polar surface area (TPSA) is 97.5 Å². The monoisotopic (exact) mass is 585 g/mol. The van der Waals surface area contributed by atoms with Crippen LogP contribution in [0.5, 0.6) is 5.75 Å². The highest BCUT2D eigenvalue weighted by molar-refractivity contribution is 6.30. The summed E-state index contributed by atoms with van der Waals surface area (Å²) in [6, 6.07) is 21.3. The van der Waals surface area contributed by atoms with Gasteiger partial charge >= 0.3 is 5.97 Å². The normalized spacial score (nSPS) is 13.0. The smallest absolute Gasteiger partial charge is 0.309 e. The molecule has 42 heavy (non-hydrogen) atoms. The number of carboxylic acids is 1. The van der Waals surface area contributed by atoms with Gasteiger partial charge in [0.2, 0.25) is 0 Å². The Labute approximate surface area is 250 Å². The number of benzene rings is 2. The lowest BCUT2D eigenvalue weighted by Crippen LogP contribution is -2.29. The molecule has 0 spiro atoms. The molecule has 0 radical (unpaired) electrons. The maximum absolute atomic E-state index is 12.3. The fraction of sp³-hybridized carbons (Fsp3) is 0.324. The van der Waals surface area contributed by atoms with Gasteiger partial charge in [-0.25, -0.2) is 9.97 Å². The molecule has 0 fully saturated rings. The van der Waals surface area contributed by atoms with Gasteiger partial charge in [-0.05, 0) is 55.2 Å². The third-order valence-electron chi connectivity index (χ3n) is 7.60. The van der Waals surface area contributed by atoms with Gasteiger partial charge in [-0.1, -0.05) is 68.8 Å². The van der Waals surface area contributed by atoms with Crippen molar-refractivity contribution in [1.29, 1.82) is 0 Å². The third-order valence-corrected chi connectivity index (χ3v) is 7.85. The van der Waals surface area contributed by atoms with Gasteiger partial charge in [0.15, 0.2) is 0 Å². The Bertz CT molecular complexity index is 1750. The molecule has 5 rings (SSSR count). The molecular formula is C34H36ClN3O4. The van der Waals surface area contributed by atoms with Crippen molar-refractivity contribution in [3.8, 4) is 5.75 Å². The molecule has 0 saturated carbocycles. The number of ether oxygens (including phenoxy) is 1. The summed E-state index contributed by atoms with van der Waals surface area (Å²) in [6.07, 6.45) is 0.984. The van der Waals surface area contributed by atoms with Gasteiger partial charge in [-0.2, -0.15) is 0 Å². The molecule has 2 N–H and O–H groups in total. The number of para-hydroxylation sites is 1. The average Bonchev–Trinajstić information content (AvgIpc) is 3.23. The summed E-state index contributed by atoms with van der Waals surface area (Å²) < 4.78 is 8.18. The fourth-order valence-corrected chi connectivity index (χ4v) is 5.20.